The molecule has 1 N–H and O–H groups in total. The summed E-state index contributed by atoms with van der Waals surface area (Å²) in [5.41, 5.74) is 1.57. The van der Waals surface area contributed by atoms with Crippen LogP contribution in [0.3, 0.4) is 0 Å². The molecule has 4 nitrogen and oxygen atoms in total. The fraction of sp³-hybridized carbons (Fsp3) is 0.444. The molecule has 118 valence electrons. The highest BCUT2D eigenvalue weighted by Gasteiger charge is 2.25. The van der Waals surface area contributed by atoms with Crippen LogP contribution in [0.5, 0.6) is 0 Å². The molecule has 4 heteroatoms. The SMILES string of the molecule is CCCCC(CC)C(=O)c1c(C)n(-c2ccccc2)[nH]c1=O. The average Bonchev–Trinajstić information content (AvgIpc) is 2.83. The average molecular weight is 300 g/mol. The highest BCUT2D eigenvalue weighted by molar-refractivity contribution is 5.98. The van der Waals surface area contributed by atoms with E-state index in [4.69, 9.17) is 0 Å². The lowest BCUT2D eigenvalue weighted by Gasteiger charge is -2.12. The Balaban J connectivity index is 2.38. The van der Waals surface area contributed by atoms with Crippen LogP contribution in [0.1, 0.15) is 55.6 Å². The second-order valence-electron chi connectivity index (χ2n) is 5.68. The fourth-order valence-corrected chi connectivity index (χ4v) is 2.82. The number of ketones is 1. The number of hydrogen-bond acceptors (Lipinski definition) is 2. The van der Waals surface area contributed by atoms with E-state index in [9.17, 15) is 9.59 Å². The molecule has 2 aromatic rings. The molecule has 0 aliphatic rings. The number of unbranched alkanes of at least 4 members (excludes halogenated alkanes) is 1. The Hall–Kier alpha value is -2.10. The molecule has 1 heterocycles. The minimum Gasteiger partial charge on any atom is -0.294 e. The number of nitrogens with one attached hydrogen (secondary N) is 1. The lowest BCUT2D eigenvalue weighted by atomic mass is 9.91. The van der Waals surface area contributed by atoms with Crippen LogP contribution in [0, 0.1) is 12.8 Å². The van der Waals surface area contributed by atoms with Crippen LogP contribution in [0.15, 0.2) is 35.1 Å². The molecule has 0 aliphatic heterocycles. The van der Waals surface area contributed by atoms with Gasteiger partial charge in [-0.15, -0.1) is 0 Å². The zero-order valence-corrected chi connectivity index (χ0v) is 13.6. The number of para-hydroxylation sites is 1. The highest BCUT2D eigenvalue weighted by atomic mass is 16.1. The van der Waals surface area contributed by atoms with E-state index in [0.717, 1.165) is 31.4 Å². The Bertz CT molecular complexity index is 683. The van der Waals surface area contributed by atoms with Gasteiger partial charge in [-0.1, -0.05) is 44.9 Å². The van der Waals surface area contributed by atoms with Gasteiger partial charge in [0.2, 0.25) is 0 Å². The predicted octanol–water partition coefficient (Wildman–Crippen LogP) is 3.87. The molecule has 22 heavy (non-hydrogen) atoms. The van der Waals surface area contributed by atoms with Gasteiger partial charge in [0, 0.05) is 5.92 Å². The third kappa shape index (κ3) is 3.21. The summed E-state index contributed by atoms with van der Waals surface area (Å²) in [7, 11) is 0. The first-order valence-corrected chi connectivity index (χ1v) is 8.01. The van der Waals surface area contributed by atoms with Crippen molar-refractivity contribution in [2.75, 3.05) is 0 Å². The van der Waals surface area contributed by atoms with Gasteiger partial charge in [0.1, 0.15) is 5.56 Å². The third-order valence-electron chi connectivity index (χ3n) is 4.17. The van der Waals surface area contributed by atoms with Gasteiger partial charge < -0.3 is 0 Å². The molecular weight excluding hydrogens is 276 g/mol. The molecule has 0 fully saturated rings. The molecule has 0 saturated carbocycles. The fourth-order valence-electron chi connectivity index (χ4n) is 2.82. The Labute approximate surface area is 131 Å². The molecule has 2 rings (SSSR count). The summed E-state index contributed by atoms with van der Waals surface area (Å²) >= 11 is 0. The maximum Gasteiger partial charge on any atom is 0.275 e. The van der Waals surface area contributed by atoms with Crippen molar-refractivity contribution in [2.45, 2.75) is 46.5 Å². The molecular formula is C18H24N2O2. The van der Waals surface area contributed by atoms with Crippen LogP contribution >= 0.6 is 0 Å². The smallest absolute Gasteiger partial charge is 0.275 e. The summed E-state index contributed by atoms with van der Waals surface area (Å²) in [6, 6.07) is 9.55. The Morgan fingerprint density at radius 2 is 1.91 bits per heavy atom. The van der Waals surface area contributed by atoms with Gasteiger partial charge in [-0.25, -0.2) is 0 Å². The number of aromatic amines is 1. The summed E-state index contributed by atoms with van der Waals surface area (Å²) in [6.45, 7) is 5.95. The maximum atomic E-state index is 12.7. The van der Waals surface area contributed by atoms with Crippen LogP contribution in [-0.2, 0) is 0 Å². The minimum atomic E-state index is -0.290. The van der Waals surface area contributed by atoms with Gasteiger partial charge in [0.25, 0.3) is 5.56 Å². The quantitative estimate of drug-likeness (QED) is 0.789. The van der Waals surface area contributed by atoms with Gasteiger partial charge in [0.05, 0.1) is 11.4 Å². The van der Waals surface area contributed by atoms with Gasteiger partial charge >= 0.3 is 0 Å². The molecule has 0 amide bonds. The summed E-state index contributed by atoms with van der Waals surface area (Å²) in [4.78, 5) is 25.0. The normalized spacial score (nSPS) is 12.3. The molecule has 0 radical (unpaired) electrons. The molecule has 1 atom stereocenters. The van der Waals surface area contributed by atoms with Gasteiger partial charge in [-0.3, -0.25) is 19.4 Å². The largest absolute Gasteiger partial charge is 0.294 e. The Morgan fingerprint density at radius 1 is 1.23 bits per heavy atom. The number of Topliss-reactive ketones (excluding diaryl/α,β-unsaturated/α-hetero) is 1. The van der Waals surface area contributed by atoms with Crippen molar-refractivity contribution in [1.82, 2.24) is 9.78 Å². The van der Waals surface area contributed by atoms with E-state index in [0.29, 0.717) is 11.3 Å². The first-order valence-electron chi connectivity index (χ1n) is 8.01. The van der Waals surface area contributed by atoms with Crippen LogP contribution in [0.25, 0.3) is 5.69 Å². The number of rotatable bonds is 7. The van der Waals surface area contributed by atoms with E-state index in [1.165, 1.54) is 0 Å². The molecule has 0 bridgehead atoms. The van der Waals surface area contributed by atoms with E-state index in [1.54, 1.807) is 4.68 Å². The van der Waals surface area contributed by atoms with E-state index in [-0.39, 0.29) is 17.3 Å². The second-order valence-corrected chi connectivity index (χ2v) is 5.68. The van der Waals surface area contributed by atoms with E-state index >= 15 is 0 Å². The molecule has 0 saturated heterocycles. The van der Waals surface area contributed by atoms with Crippen molar-refractivity contribution in [3.8, 4) is 5.69 Å². The molecule has 0 aliphatic carbocycles. The van der Waals surface area contributed by atoms with Gasteiger partial charge in [-0.2, -0.15) is 0 Å². The minimum absolute atomic E-state index is 0.0237. The number of aromatic nitrogens is 2. The summed E-state index contributed by atoms with van der Waals surface area (Å²) < 4.78 is 1.70. The first kappa shape index (κ1) is 16.3. The topological polar surface area (TPSA) is 54.9 Å². The molecule has 1 unspecified atom stereocenters. The number of carbonyl (C=O) groups is 1. The van der Waals surface area contributed by atoms with Crippen LogP contribution in [0.4, 0.5) is 0 Å². The van der Waals surface area contributed by atoms with Gasteiger partial charge in [-0.05, 0) is 31.9 Å². The molecule has 0 spiro atoms. The lowest BCUT2D eigenvalue weighted by molar-refractivity contribution is 0.0906. The maximum absolute atomic E-state index is 12.7. The molecule has 1 aromatic heterocycles. The van der Waals surface area contributed by atoms with E-state index < -0.39 is 0 Å². The van der Waals surface area contributed by atoms with Crippen molar-refractivity contribution in [3.63, 3.8) is 0 Å². The Kier molecular flexibility index (Phi) is 5.36. The number of nitrogens with zero attached hydrogens (tertiary/aromatic N) is 1. The van der Waals surface area contributed by atoms with Crippen molar-refractivity contribution < 1.29 is 4.79 Å². The lowest BCUT2D eigenvalue weighted by Crippen LogP contribution is -2.21. The van der Waals surface area contributed by atoms with Crippen molar-refractivity contribution >= 4 is 5.78 Å². The number of hydrogen-bond donors (Lipinski definition) is 1. The monoisotopic (exact) mass is 300 g/mol. The summed E-state index contributed by atoms with van der Waals surface area (Å²) in [5, 5.41) is 2.79. The van der Waals surface area contributed by atoms with Crippen molar-refractivity contribution in [2.24, 2.45) is 5.92 Å². The number of H-pyrrole nitrogens is 1. The summed E-state index contributed by atoms with van der Waals surface area (Å²) in [5.74, 6) is -0.0873. The third-order valence-corrected chi connectivity index (χ3v) is 4.17. The van der Waals surface area contributed by atoms with Crippen molar-refractivity contribution in [1.29, 1.82) is 0 Å². The van der Waals surface area contributed by atoms with Crippen LogP contribution in [-0.4, -0.2) is 15.6 Å². The van der Waals surface area contributed by atoms with Crippen molar-refractivity contribution in [3.05, 3.63) is 51.9 Å². The van der Waals surface area contributed by atoms with Crippen LogP contribution in [0.2, 0.25) is 0 Å². The highest BCUT2D eigenvalue weighted by Crippen LogP contribution is 2.20. The van der Waals surface area contributed by atoms with Crippen LogP contribution < -0.4 is 5.56 Å². The standard InChI is InChI=1S/C18H24N2O2/c1-4-6-10-14(5-2)17(21)16-13(3)20(19-18(16)22)15-11-8-7-9-12-15/h7-9,11-12,14H,4-6,10H2,1-3H3,(H,19,22). The zero-order valence-electron chi connectivity index (χ0n) is 13.6. The first-order chi connectivity index (χ1) is 10.6. The summed E-state index contributed by atoms with van der Waals surface area (Å²) in [6.07, 6.45) is 3.69. The molecule has 1 aromatic carbocycles. The number of carbonyl (C=O) groups excluding carboxylic acids is 1. The second kappa shape index (κ2) is 7.25. The zero-order chi connectivity index (χ0) is 16.1. The van der Waals surface area contributed by atoms with Gasteiger partial charge in [0.15, 0.2) is 5.78 Å². The van der Waals surface area contributed by atoms with E-state index in [1.807, 2.05) is 44.2 Å². The number of benzene rings is 1. The predicted molar refractivity (Wildman–Crippen MR) is 88.8 cm³/mol. The van der Waals surface area contributed by atoms with E-state index in [2.05, 4.69) is 12.0 Å². The Morgan fingerprint density at radius 3 is 2.50 bits per heavy atom.